The highest BCUT2D eigenvalue weighted by atomic mass is 32.2. The van der Waals surface area contributed by atoms with E-state index in [1.165, 1.54) is 11.8 Å². The molecule has 0 fully saturated rings. The van der Waals surface area contributed by atoms with Crippen LogP contribution in [0.2, 0.25) is 0 Å². The highest BCUT2D eigenvalue weighted by molar-refractivity contribution is 7.90. The third kappa shape index (κ3) is 2.81. The fourth-order valence-corrected chi connectivity index (χ4v) is 1.99. The zero-order valence-electron chi connectivity index (χ0n) is 9.74. The first-order chi connectivity index (χ1) is 6.77. The Kier molecular flexibility index (Phi) is 3.24. The van der Waals surface area contributed by atoms with Crippen LogP contribution in [-0.4, -0.2) is 14.7 Å². The summed E-state index contributed by atoms with van der Waals surface area (Å²) in [5.74, 6) is 0. The molecule has 0 heterocycles. The summed E-state index contributed by atoms with van der Waals surface area (Å²) in [5.41, 5.74) is 1.29. The van der Waals surface area contributed by atoms with E-state index in [9.17, 15) is 8.42 Å². The lowest BCUT2D eigenvalue weighted by atomic mass is 9.82. The summed E-state index contributed by atoms with van der Waals surface area (Å²) >= 11 is 0. The SMILES string of the molecule is CCC(C)(C)c1ccc(S(C)(=O)=O)cc1. The molecule has 0 saturated carbocycles. The maximum absolute atomic E-state index is 11.3. The first kappa shape index (κ1) is 12.2. The predicted octanol–water partition coefficient (Wildman–Crippen LogP) is 2.78. The van der Waals surface area contributed by atoms with Crippen LogP contribution in [0.5, 0.6) is 0 Å². The van der Waals surface area contributed by atoms with E-state index >= 15 is 0 Å². The first-order valence-corrected chi connectivity index (χ1v) is 6.97. The van der Waals surface area contributed by atoms with Crippen molar-refractivity contribution in [3.8, 4) is 0 Å². The topological polar surface area (TPSA) is 34.1 Å². The highest BCUT2D eigenvalue weighted by Crippen LogP contribution is 2.27. The predicted molar refractivity (Wildman–Crippen MR) is 62.9 cm³/mol. The summed E-state index contributed by atoms with van der Waals surface area (Å²) in [4.78, 5) is 0.387. The maximum Gasteiger partial charge on any atom is 0.175 e. The largest absolute Gasteiger partial charge is 0.224 e. The molecule has 3 heteroatoms. The van der Waals surface area contributed by atoms with Crippen molar-refractivity contribution < 1.29 is 8.42 Å². The standard InChI is InChI=1S/C12H18O2S/c1-5-12(2,3)10-6-8-11(9-7-10)15(4,13)14/h6-9H,5H2,1-4H3. The van der Waals surface area contributed by atoms with E-state index < -0.39 is 9.84 Å². The van der Waals surface area contributed by atoms with E-state index in [1.807, 2.05) is 12.1 Å². The third-order valence-electron chi connectivity index (χ3n) is 2.95. The average Bonchev–Trinajstić information content (AvgIpc) is 2.17. The van der Waals surface area contributed by atoms with Gasteiger partial charge in [-0.25, -0.2) is 8.42 Å². The van der Waals surface area contributed by atoms with Crippen molar-refractivity contribution in [1.82, 2.24) is 0 Å². The van der Waals surface area contributed by atoms with Crippen LogP contribution in [0.3, 0.4) is 0 Å². The van der Waals surface area contributed by atoms with Crippen molar-refractivity contribution in [3.63, 3.8) is 0 Å². The van der Waals surface area contributed by atoms with Crippen LogP contribution in [-0.2, 0) is 15.3 Å². The molecule has 84 valence electrons. The minimum absolute atomic E-state index is 0.107. The minimum Gasteiger partial charge on any atom is -0.224 e. The van der Waals surface area contributed by atoms with Gasteiger partial charge in [-0.2, -0.15) is 0 Å². The lowest BCUT2D eigenvalue weighted by Gasteiger charge is -2.23. The Morgan fingerprint density at radius 3 is 1.93 bits per heavy atom. The molecule has 0 aliphatic carbocycles. The fraction of sp³-hybridized carbons (Fsp3) is 0.500. The van der Waals surface area contributed by atoms with Crippen molar-refractivity contribution in [2.24, 2.45) is 0 Å². The molecule has 0 bridgehead atoms. The lowest BCUT2D eigenvalue weighted by Crippen LogP contribution is -2.15. The van der Waals surface area contributed by atoms with Crippen LogP contribution < -0.4 is 0 Å². The average molecular weight is 226 g/mol. The van der Waals surface area contributed by atoms with Gasteiger partial charge < -0.3 is 0 Å². The molecule has 0 radical (unpaired) electrons. The van der Waals surface area contributed by atoms with Gasteiger partial charge in [0.2, 0.25) is 0 Å². The van der Waals surface area contributed by atoms with Crippen LogP contribution in [0.25, 0.3) is 0 Å². The normalized spacial score (nSPS) is 12.8. The number of rotatable bonds is 3. The van der Waals surface area contributed by atoms with Gasteiger partial charge in [-0.05, 0) is 29.5 Å². The molecule has 0 atom stereocenters. The van der Waals surface area contributed by atoms with Crippen molar-refractivity contribution in [2.75, 3.05) is 6.26 Å². The van der Waals surface area contributed by atoms with Crippen molar-refractivity contribution >= 4 is 9.84 Å². The molecule has 0 aliphatic rings. The first-order valence-electron chi connectivity index (χ1n) is 5.08. The Hall–Kier alpha value is -0.830. The molecule has 0 aliphatic heterocycles. The molecule has 1 aromatic rings. The Balaban J connectivity index is 3.12. The van der Waals surface area contributed by atoms with Crippen molar-refractivity contribution in [1.29, 1.82) is 0 Å². The zero-order chi connectivity index (χ0) is 11.7. The van der Waals surface area contributed by atoms with Gasteiger partial charge in [-0.3, -0.25) is 0 Å². The second-order valence-electron chi connectivity index (χ2n) is 4.53. The van der Waals surface area contributed by atoms with E-state index in [2.05, 4.69) is 20.8 Å². The molecule has 1 rings (SSSR count). The number of hydrogen-bond acceptors (Lipinski definition) is 2. The van der Waals surface area contributed by atoms with Crippen LogP contribution in [0.1, 0.15) is 32.8 Å². The molecule has 15 heavy (non-hydrogen) atoms. The van der Waals surface area contributed by atoms with Gasteiger partial charge in [0.25, 0.3) is 0 Å². The maximum atomic E-state index is 11.3. The Labute approximate surface area is 92.2 Å². The van der Waals surface area contributed by atoms with Crippen molar-refractivity contribution in [2.45, 2.75) is 37.5 Å². The molecule has 1 aromatic carbocycles. The van der Waals surface area contributed by atoms with Gasteiger partial charge >= 0.3 is 0 Å². The summed E-state index contributed by atoms with van der Waals surface area (Å²) in [6.07, 6.45) is 2.26. The summed E-state index contributed by atoms with van der Waals surface area (Å²) in [5, 5.41) is 0. The summed E-state index contributed by atoms with van der Waals surface area (Å²) in [7, 11) is -3.07. The van der Waals surface area contributed by atoms with Crippen LogP contribution in [0.15, 0.2) is 29.2 Å². The number of sulfone groups is 1. The van der Waals surface area contributed by atoms with Crippen LogP contribution >= 0.6 is 0 Å². The van der Waals surface area contributed by atoms with E-state index in [4.69, 9.17) is 0 Å². The van der Waals surface area contributed by atoms with E-state index in [0.717, 1.165) is 6.42 Å². The smallest absolute Gasteiger partial charge is 0.175 e. The van der Waals surface area contributed by atoms with Gasteiger partial charge in [0.05, 0.1) is 4.90 Å². The van der Waals surface area contributed by atoms with E-state index in [1.54, 1.807) is 12.1 Å². The van der Waals surface area contributed by atoms with Crippen LogP contribution in [0, 0.1) is 0 Å². The zero-order valence-corrected chi connectivity index (χ0v) is 10.6. The molecule has 0 amide bonds. The number of benzene rings is 1. The van der Waals surface area contributed by atoms with Gasteiger partial charge in [-0.15, -0.1) is 0 Å². The van der Waals surface area contributed by atoms with E-state index in [0.29, 0.717) is 4.90 Å². The monoisotopic (exact) mass is 226 g/mol. The molecule has 0 unspecified atom stereocenters. The van der Waals surface area contributed by atoms with Crippen molar-refractivity contribution in [3.05, 3.63) is 29.8 Å². The molecule has 0 N–H and O–H groups in total. The molecule has 2 nitrogen and oxygen atoms in total. The molecule has 0 saturated heterocycles. The third-order valence-corrected chi connectivity index (χ3v) is 4.08. The van der Waals surface area contributed by atoms with Crippen LogP contribution in [0.4, 0.5) is 0 Å². The van der Waals surface area contributed by atoms with Gasteiger partial charge in [0.15, 0.2) is 9.84 Å². The van der Waals surface area contributed by atoms with Gasteiger partial charge in [-0.1, -0.05) is 32.9 Å². The van der Waals surface area contributed by atoms with Gasteiger partial charge in [0.1, 0.15) is 0 Å². The fourth-order valence-electron chi connectivity index (χ4n) is 1.36. The van der Waals surface area contributed by atoms with E-state index in [-0.39, 0.29) is 5.41 Å². The summed E-state index contributed by atoms with van der Waals surface area (Å²) < 4.78 is 22.5. The second-order valence-corrected chi connectivity index (χ2v) is 6.55. The molecular formula is C12H18O2S. The quantitative estimate of drug-likeness (QED) is 0.794. The summed E-state index contributed by atoms with van der Waals surface area (Å²) in [6, 6.07) is 7.17. The molecule has 0 aromatic heterocycles. The highest BCUT2D eigenvalue weighted by Gasteiger charge is 2.18. The Bertz CT molecular complexity index is 427. The second kappa shape index (κ2) is 3.97. The molecule has 0 spiro atoms. The molecular weight excluding hydrogens is 208 g/mol. The number of hydrogen-bond donors (Lipinski definition) is 0. The lowest BCUT2D eigenvalue weighted by molar-refractivity contribution is 0.506. The Morgan fingerprint density at radius 1 is 1.13 bits per heavy atom. The Morgan fingerprint density at radius 2 is 1.60 bits per heavy atom. The summed E-state index contributed by atoms with van der Waals surface area (Å²) in [6.45, 7) is 6.44. The van der Waals surface area contributed by atoms with Gasteiger partial charge in [0, 0.05) is 6.26 Å². The minimum atomic E-state index is -3.07.